The zero-order chi connectivity index (χ0) is 20.8. The summed E-state index contributed by atoms with van der Waals surface area (Å²) in [5.41, 5.74) is 4.51. The van der Waals surface area contributed by atoms with E-state index in [1.807, 2.05) is 25.3 Å². The van der Waals surface area contributed by atoms with Crippen LogP contribution in [0.15, 0.2) is 64.6 Å². The number of rotatable bonds is 6. The molecule has 0 radical (unpaired) electrons. The number of aromatic nitrogens is 2. The number of nitriles is 1. The Bertz CT molecular complexity index is 1040. The molecule has 0 amide bonds. The molecule has 152 valence electrons. The first-order valence-corrected chi connectivity index (χ1v) is 10.9. The van der Waals surface area contributed by atoms with Gasteiger partial charge in [0.15, 0.2) is 0 Å². The lowest BCUT2D eigenvalue weighted by atomic mass is 10.1. The summed E-state index contributed by atoms with van der Waals surface area (Å²) in [7, 11) is 0. The Morgan fingerprint density at radius 2 is 1.90 bits per heavy atom. The molecule has 4 rings (SSSR count). The van der Waals surface area contributed by atoms with Crippen molar-refractivity contribution in [3.63, 3.8) is 0 Å². The maximum Gasteiger partial charge on any atom is 0.133 e. The molecule has 0 atom stereocenters. The van der Waals surface area contributed by atoms with E-state index in [1.165, 1.54) is 11.3 Å². The molecule has 3 aromatic rings. The first kappa shape index (κ1) is 20.4. The minimum Gasteiger partial charge on any atom is -0.378 e. The Morgan fingerprint density at radius 3 is 2.67 bits per heavy atom. The average Bonchev–Trinajstić information content (AvgIpc) is 2.78. The zero-order valence-corrected chi connectivity index (χ0v) is 17.9. The van der Waals surface area contributed by atoms with Crippen LogP contribution in [0.25, 0.3) is 0 Å². The molecule has 0 spiro atoms. The highest BCUT2D eigenvalue weighted by Crippen LogP contribution is 2.29. The number of benzene rings is 2. The van der Waals surface area contributed by atoms with Crippen molar-refractivity contribution >= 4 is 17.4 Å². The van der Waals surface area contributed by atoms with E-state index in [0.29, 0.717) is 12.8 Å². The molecule has 5 nitrogen and oxygen atoms in total. The highest BCUT2D eigenvalue weighted by molar-refractivity contribution is 7.99. The minimum absolute atomic E-state index is 0.419. The second-order valence-electron chi connectivity index (χ2n) is 7.30. The highest BCUT2D eigenvalue weighted by Gasteiger charge is 2.12. The summed E-state index contributed by atoms with van der Waals surface area (Å²) in [6.07, 6.45) is 3.01. The highest BCUT2D eigenvalue weighted by atomic mass is 32.2. The SMILES string of the molecule is Cc1cnc(Cc2ccc(N3CCOCC3)cc2)nc1Sc1cccc(CC#N)c1. The van der Waals surface area contributed by atoms with E-state index in [1.54, 1.807) is 11.8 Å². The van der Waals surface area contributed by atoms with Crippen LogP contribution in [0, 0.1) is 18.3 Å². The van der Waals surface area contributed by atoms with Crippen molar-refractivity contribution in [2.24, 2.45) is 0 Å². The molecule has 0 N–H and O–H groups in total. The summed E-state index contributed by atoms with van der Waals surface area (Å²) in [5.74, 6) is 0.815. The fraction of sp³-hybridized carbons (Fsp3) is 0.292. The predicted octanol–water partition coefficient (Wildman–Crippen LogP) is 4.43. The van der Waals surface area contributed by atoms with Crippen LogP contribution < -0.4 is 4.90 Å². The van der Waals surface area contributed by atoms with E-state index < -0.39 is 0 Å². The van der Waals surface area contributed by atoms with Gasteiger partial charge in [-0.3, -0.25) is 0 Å². The van der Waals surface area contributed by atoms with Crippen LogP contribution >= 0.6 is 11.8 Å². The zero-order valence-electron chi connectivity index (χ0n) is 17.0. The van der Waals surface area contributed by atoms with Crippen LogP contribution in [0.1, 0.15) is 22.5 Å². The smallest absolute Gasteiger partial charge is 0.133 e. The quantitative estimate of drug-likeness (QED) is 0.554. The lowest BCUT2D eigenvalue weighted by Crippen LogP contribution is -2.36. The van der Waals surface area contributed by atoms with Crippen molar-refractivity contribution in [2.45, 2.75) is 29.7 Å². The number of morpholine rings is 1. The van der Waals surface area contributed by atoms with Crippen molar-refractivity contribution in [2.75, 3.05) is 31.2 Å². The van der Waals surface area contributed by atoms with Crippen LogP contribution in [0.2, 0.25) is 0 Å². The topological polar surface area (TPSA) is 62.0 Å². The summed E-state index contributed by atoms with van der Waals surface area (Å²) in [6, 6.07) is 18.9. The van der Waals surface area contributed by atoms with Gasteiger partial charge >= 0.3 is 0 Å². The normalized spacial score (nSPS) is 13.8. The molecule has 1 aromatic heterocycles. The fourth-order valence-corrected chi connectivity index (χ4v) is 4.34. The van der Waals surface area contributed by atoms with Gasteiger partial charge < -0.3 is 9.64 Å². The Kier molecular flexibility index (Phi) is 6.63. The van der Waals surface area contributed by atoms with Gasteiger partial charge in [-0.1, -0.05) is 36.0 Å². The molecular formula is C24H24N4OS. The minimum atomic E-state index is 0.419. The summed E-state index contributed by atoms with van der Waals surface area (Å²) in [5, 5.41) is 9.88. The van der Waals surface area contributed by atoms with Gasteiger partial charge in [0.25, 0.3) is 0 Å². The van der Waals surface area contributed by atoms with E-state index in [0.717, 1.165) is 53.2 Å². The lowest BCUT2D eigenvalue weighted by Gasteiger charge is -2.28. The van der Waals surface area contributed by atoms with Gasteiger partial charge in [0.1, 0.15) is 10.9 Å². The number of nitrogens with zero attached hydrogens (tertiary/aromatic N) is 4. The van der Waals surface area contributed by atoms with E-state index in [2.05, 4.69) is 52.4 Å². The molecule has 6 heteroatoms. The van der Waals surface area contributed by atoms with E-state index in [-0.39, 0.29) is 0 Å². The first-order chi connectivity index (χ1) is 14.7. The Hall–Kier alpha value is -2.88. The second kappa shape index (κ2) is 9.75. The molecule has 1 aliphatic heterocycles. The number of ether oxygens (including phenoxy) is 1. The Labute approximate surface area is 181 Å². The molecule has 0 bridgehead atoms. The number of hydrogen-bond acceptors (Lipinski definition) is 6. The van der Waals surface area contributed by atoms with Crippen LogP contribution in [0.5, 0.6) is 0 Å². The fourth-order valence-electron chi connectivity index (χ4n) is 3.40. The van der Waals surface area contributed by atoms with Gasteiger partial charge in [-0.05, 0) is 47.9 Å². The molecule has 0 unspecified atom stereocenters. The van der Waals surface area contributed by atoms with Crippen LogP contribution in [0.4, 0.5) is 5.69 Å². The van der Waals surface area contributed by atoms with Crippen LogP contribution in [-0.2, 0) is 17.6 Å². The van der Waals surface area contributed by atoms with E-state index >= 15 is 0 Å². The van der Waals surface area contributed by atoms with Crippen LogP contribution in [-0.4, -0.2) is 36.3 Å². The van der Waals surface area contributed by atoms with Crippen molar-refractivity contribution in [1.82, 2.24) is 9.97 Å². The molecule has 1 saturated heterocycles. The van der Waals surface area contributed by atoms with Crippen LogP contribution in [0.3, 0.4) is 0 Å². The van der Waals surface area contributed by atoms with Gasteiger partial charge in [0.2, 0.25) is 0 Å². The van der Waals surface area contributed by atoms with Gasteiger partial charge in [-0.15, -0.1) is 0 Å². The maximum atomic E-state index is 8.93. The largest absolute Gasteiger partial charge is 0.378 e. The van der Waals surface area contributed by atoms with Crippen molar-refractivity contribution < 1.29 is 4.74 Å². The van der Waals surface area contributed by atoms with Crippen molar-refractivity contribution in [3.05, 3.63) is 77.2 Å². The van der Waals surface area contributed by atoms with Gasteiger partial charge in [-0.2, -0.15) is 5.26 Å². The summed E-state index contributed by atoms with van der Waals surface area (Å²) < 4.78 is 5.43. The molecule has 30 heavy (non-hydrogen) atoms. The van der Waals surface area contributed by atoms with Gasteiger partial charge in [-0.25, -0.2) is 9.97 Å². The molecule has 2 aromatic carbocycles. The Balaban J connectivity index is 1.46. The number of anilines is 1. The van der Waals surface area contributed by atoms with Crippen molar-refractivity contribution in [3.8, 4) is 6.07 Å². The molecule has 0 aliphatic carbocycles. The molecule has 1 aliphatic rings. The standard InChI is InChI=1S/C24H24N4OS/c1-18-17-26-23(27-24(18)30-22-4-2-3-19(15-22)9-10-25)16-20-5-7-21(8-6-20)28-11-13-29-14-12-28/h2-8,15,17H,9,11-14,16H2,1H3. The summed E-state index contributed by atoms with van der Waals surface area (Å²) >= 11 is 1.62. The van der Waals surface area contributed by atoms with E-state index in [4.69, 9.17) is 15.0 Å². The molecule has 1 fully saturated rings. The maximum absolute atomic E-state index is 8.93. The third kappa shape index (κ3) is 5.18. The number of aryl methyl sites for hydroxylation is 1. The monoisotopic (exact) mass is 416 g/mol. The number of hydrogen-bond donors (Lipinski definition) is 0. The van der Waals surface area contributed by atoms with Gasteiger partial charge in [0, 0.05) is 36.3 Å². The Morgan fingerprint density at radius 1 is 1.10 bits per heavy atom. The summed E-state index contributed by atoms with van der Waals surface area (Å²) in [6.45, 7) is 5.49. The van der Waals surface area contributed by atoms with Crippen molar-refractivity contribution in [1.29, 1.82) is 5.26 Å². The molecule has 2 heterocycles. The second-order valence-corrected chi connectivity index (χ2v) is 8.36. The first-order valence-electron chi connectivity index (χ1n) is 10.1. The predicted molar refractivity (Wildman–Crippen MR) is 119 cm³/mol. The van der Waals surface area contributed by atoms with Gasteiger partial charge in [0.05, 0.1) is 25.7 Å². The summed E-state index contributed by atoms with van der Waals surface area (Å²) in [4.78, 5) is 12.8. The molecule has 0 saturated carbocycles. The van der Waals surface area contributed by atoms with E-state index in [9.17, 15) is 0 Å². The molecular weight excluding hydrogens is 392 g/mol. The third-order valence-electron chi connectivity index (χ3n) is 5.05. The average molecular weight is 417 g/mol. The lowest BCUT2D eigenvalue weighted by molar-refractivity contribution is 0.122. The third-order valence-corrected chi connectivity index (χ3v) is 6.14.